The van der Waals surface area contributed by atoms with Gasteiger partial charge in [0.05, 0.1) is 0 Å². The van der Waals surface area contributed by atoms with E-state index in [1.807, 2.05) is 6.07 Å². The van der Waals surface area contributed by atoms with Crippen LogP contribution in [-0.4, -0.2) is 12.6 Å². The van der Waals surface area contributed by atoms with Crippen molar-refractivity contribution in [3.8, 4) is 0 Å². The van der Waals surface area contributed by atoms with E-state index < -0.39 is 0 Å². The molecule has 0 aromatic heterocycles. The van der Waals surface area contributed by atoms with E-state index >= 15 is 0 Å². The van der Waals surface area contributed by atoms with Gasteiger partial charge in [-0.05, 0) is 62.3 Å². The molecule has 0 bridgehead atoms. The van der Waals surface area contributed by atoms with Gasteiger partial charge in [0.15, 0.2) is 0 Å². The van der Waals surface area contributed by atoms with Crippen LogP contribution < -0.4 is 10.6 Å². The predicted molar refractivity (Wildman–Crippen MR) is 68.7 cm³/mol. The molecule has 1 aromatic rings. The molecular formula is C14H20N2. The first-order valence-electron chi connectivity index (χ1n) is 6.36. The van der Waals surface area contributed by atoms with Gasteiger partial charge < -0.3 is 10.6 Å². The summed E-state index contributed by atoms with van der Waals surface area (Å²) in [6, 6.07) is 7.25. The van der Waals surface area contributed by atoms with Crippen molar-refractivity contribution >= 4 is 11.4 Å². The summed E-state index contributed by atoms with van der Waals surface area (Å²) >= 11 is 0. The quantitative estimate of drug-likeness (QED) is 0.784. The van der Waals surface area contributed by atoms with Crippen LogP contribution >= 0.6 is 0 Å². The lowest BCUT2D eigenvalue weighted by Gasteiger charge is -2.25. The van der Waals surface area contributed by atoms with Crippen molar-refractivity contribution in [3.05, 3.63) is 23.8 Å². The van der Waals surface area contributed by atoms with Crippen LogP contribution in [0, 0.1) is 12.8 Å². The Hall–Kier alpha value is -1.18. The molecule has 2 aliphatic rings. The minimum absolute atomic E-state index is 0.793. The monoisotopic (exact) mass is 216 g/mol. The number of hydrogen-bond acceptors (Lipinski definition) is 2. The highest BCUT2D eigenvalue weighted by Gasteiger charge is 2.33. The number of nitrogens with two attached hydrogens (primary N) is 1. The van der Waals surface area contributed by atoms with E-state index in [9.17, 15) is 0 Å². The van der Waals surface area contributed by atoms with Gasteiger partial charge in [0.2, 0.25) is 0 Å². The molecule has 86 valence electrons. The average molecular weight is 216 g/mol. The van der Waals surface area contributed by atoms with Crippen LogP contribution in [0.4, 0.5) is 11.4 Å². The first-order chi connectivity index (χ1) is 7.72. The fourth-order valence-corrected chi connectivity index (χ4v) is 2.39. The van der Waals surface area contributed by atoms with E-state index in [4.69, 9.17) is 5.73 Å². The maximum Gasteiger partial charge on any atom is 0.0392 e. The molecule has 1 aromatic carbocycles. The highest BCUT2D eigenvalue weighted by molar-refractivity contribution is 5.59. The zero-order chi connectivity index (χ0) is 11.1. The van der Waals surface area contributed by atoms with Crippen molar-refractivity contribution < 1.29 is 0 Å². The molecule has 0 radical (unpaired) electrons. The predicted octanol–water partition coefficient (Wildman–Crippen LogP) is 2.96. The van der Waals surface area contributed by atoms with Gasteiger partial charge in [-0.25, -0.2) is 0 Å². The number of rotatable bonds is 4. The Morgan fingerprint density at radius 3 is 2.50 bits per heavy atom. The average Bonchev–Trinajstić information content (AvgIpc) is 3.07. The Kier molecular flexibility index (Phi) is 2.31. The van der Waals surface area contributed by atoms with Gasteiger partial charge in [-0.3, -0.25) is 0 Å². The molecule has 0 unspecified atom stereocenters. The number of hydrogen-bond donors (Lipinski definition) is 1. The maximum absolute atomic E-state index is 5.94. The molecule has 0 spiro atoms. The lowest BCUT2D eigenvalue weighted by atomic mass is 10.1. The third-order valence-electron chi connectivity index (χ3n) is 3.56. The maximum atomic E-state index is 5.94. The number of nitrogens with zero attached hydrogens (tertiary/aromatic N) is 1. The molecule has 0 aliphatic heterocycles. The van der Waals surface area contributed by atoms with Gasteiger partial charge in [-0.15, -0.1) is 0 Å². The third kappa shape index (κ3) is 2.16. The summed E-state index contributed by atoms with van der Waals surface area (Å²) in [6.07, 6.45) is 5.57. The van der Waals surface area contributed by atoms with Crippen molar-refractivity contribution in [2.24, 2.45) is 5.92 Å². The first kappa shape index (κ1) is 10.0. The fourth-order valence-electron chi connectivity index (χ4n) is 2.39. The van der Waals surface area contributed by atoms with Gasteiger partial charge >= 0.3 is 0 Å². The molecule has 0 amide bonds. The van der Waals surface area contributed by atoms with Gasteiger partial charge in [-0.2, -0.15) is 0 Å². The summed E-state index contributed by atoms with van der Waals surface area (Å²) in [4.78, 5) is 2.58. The summed E-state index contributed by atoms with van der Waals surface area (Å²) in [5, 5.41) is 0. The Bertz CT molecular complexity index is 371. The summed E-state index contributed by atoms with van der Waals surface area (Å²) < 4.78 is 0. The highest BCUT2D eigenvalue weighted by atomic mass is 15.2. The molecule has 0 saturated heterocycles. The summed E-state index contributed by atoms with van der Waals surface area (Å²) in [5.74, 6) is 0.947. The zero-order valence-electron chi connectivity index (χ0n) is 9.95. The molecule has 2 saturated carbocycles. The van der Waals surface area contributed by atoms with E-state index in [0.717, 1.165) is 17.6 Å². The molecule has 0 atom stereocenters. The SMILES string of the molecule is Cc1cc(N)cc(N(CC2CC2)C2CC2)c1. The standard InChI is InChI=1S/C14H20N2/c1-10-6-12(15)8-14(7-10)16(13-4-5-13)9-11-2-3-11/h6-8,11,13H,2-5,9,15H2,1H3. The van der Waals surface area contributed by atoms with Gasteiger partial charge in [-0.1, -0.05) is 0 Å². The smallest absolute Gasteiger partial charge is 0.0392 e. The van der Waals surface area contributed by atoms with Crippen LogP contribution in [0.25, 0.3) is 0 Å². The van der Waals surface area contributed by atoms with Crippen LogP contribution in [0.2, 0.25) is 0 Å². The molecule has 16 heavy (non-hydrogen) atoms. The van der Waals surface area contributed by atoms with Crippen LogP contribution in [0.5, 0.6) is 0 Å². The van der Waals surface area contributed by atoms with E-state index in [2.05, 4.69) is 24.0 Å². The van der Waals surface area contributed by atoms with Crippen LogP contribution in [0.1, 0.15) is 31.2 Å². The van der Waals surface area contributed by atoms with Crippen LogP contribution in [0.15, 0.2) is 18.2 Å². The largest absolute Gasteiger partial charge is 0.399 e. The lowest BCUT2D eigenvalue weighted by Crippen LogP contribution is -2.28. The highest BCUT2D eigenvalue weighted by Crippen LogP contribution is 2.38. The zero-order valence-corrected chi connectivity index (χ0v) is 9.95. The Labute approximate surface area is 97.4 Å². The minimum Gasteiger partial charge on any atom is -0.399 e. The summed E-state index contributed by atoms with van der Waals surface area (Å²) in [6.45, 7) is 3.37. The minimum atomic E-state index is 0.793. The van der Waals surface area contributed by atoms with Crippen molar-refractivity contribution in [2.75, 3.05) is 17.2 Å². The van der Waals surface area contributed by atoms with Gasteiger partial charge in [0, 0.05) is 24.0 Å². The van der Waals surface area contributed by atoms with Crippen molar-refractivity contribution in [3.63, 3.8) is 0 Å². The Morgan fingerprint density at radius 2 is 1.94 bits per heavy atom. The molecule has 3 rings (SSSR count). The van der Waals surface area contributed by atoms with Gasteiger partial charge in [0.25, 0.3) is 0 Å². The Balaban J connectivity index is 1.84. The second-order valence-corrected chi connectivity index (χ2v) is 5.43. The molecule has 2 N–H and O–H groups in total. The van der Waals surface area contributed by atoms with Crippen LogP contribution in [-0.2, 0) is 0 Å². The van der Waals surface area contributed by atoms with Crippen molar-refractivity contribution in [1.29, 1.82) is 0 Å². The number of benzene rings is 1. The topological polar surface area (TPSA) is 29.3 Å². The van der Waals surface area contributed by atoms with Crippen molar-refractivity contribution in [2.45, 2.75) is 38.6 Å². The summed E-state index contributed by atoms with van der Waals surface area (Å²) in [7, 11) is 0. The lowest BCUT2D eigenvalue weighted by molar-refractivity contribution is 0.719. The Morgan fingerprint density at radius 1 is 1.19 bits per heavy atom. The first-order valence-corrected chi connectivity index (χ1v) is 6.36. The second kappa shape index (κ2) is 3.69. The van der Waals surface area contributed by atoms with E-state index in [1.54, 1.807) is 0 Å². The second-order valence-electron chi connectivity index (χ2n) is 5.43. The van der Waals surface area contributed by atoms with Crippen molar-refractivity contribution in [1.82, 2.24) is 0 Å². The van der Waals surface area contributed by atoms with Crippen LogP contribution in [0.3, 0.4) is 0 Å². The molecule has 2 fully saturated rings. The number of aryl methyl sites for hydroxylation is 1. The molecule has 2 aliphatic carbocycles. The number of anilines is 2. The van der Waals surface area contributed by atoms with E-state index in [1.165, 1.54) is 43.5 Å². The van der Waals surface area contributed by atoms with Gasteiger partial charge in [0.1, 0.15) is 0 Å². The van der Waals surface area contributed by atoms with E-state index in [-0.39, 0.29) is 0 Å². The number of nitrogen functional groups attached to an aromatic ring is 1. The molecule has 2 heteroatoms. The summed E-state index contributed by atoms with van der Waals surface area (Å²) in [5.41, 5.74) is 9.45. The molecular weight excluding hydrogens is 196 g/mol. The molecule has 2 nitrogen and oxygen atoms in total. The fraction of sp³-hybridized carbons (Fsp3) is 0.571. The van der Waals surface area contributed by atoms with E-state index in [0.29, 0.717) is 0 Å². The third-order valence-corrected chi connectivity index (χ3v) is 3.56. The molecule has 0 heterocycles. The normalized spacial score (nSPS) is 19.8.